The highest BCUT2D eigenvalue weighted by molar-refractivity contribution is 5.26. The number of hydrogen-bond donors (Lipinski definition) is 1. The van der Waals surface area contributed by atoms with Crippen LogP contribution >= 0.6 is 0 Å². The van der Waals surface area contributed by atoms with Gasteiger partial charge in [-0.25, -0.2) is 0 Å². The lowest BCUT2D eigenvalue weighted by Crippen LogP contribution is -2.37. The third kappa shape index (κ3) is 3.40. The molecule has 0 radical (unpaired) electrons. The third-order valence-electron chi connectivity index (χ3n) is 4.45. The number of methoxy groups -OCH3 is 1. The molecule has 3 heteroatoms. The predicted octanol–water partition coefficient (Wildman–Crippen LogP) is 2.71. The summed E-state index contributed by atoms with van der Waals surface area (Å²) in [5, 5.41) is 0. The fourth-order valence-electron chi connectivity index (χ4n) is 3.06. The summed E-state index contributed by atoms with van der Waals surface area (Å²) in [7, 11) is 1.75. The summed E-state index contributed by atoms with van der Waals surface area (Å²) in [5.74, 6) is 0.923. The van der Waals surface area contributed by atoms with E-state index in [0.717, 1.165) is 12.0 Å². The van der Waals surface area contributed by atoms with Crippen molar-refractivity contribution in [2.24, 2.45) is 11.7 Å². The fraction of sp³-hybridized carbons (Fsp3) is 0.647. The van der Waals surface area contributed by atoms with E-state index in [9.17, 15) is 0 Å². The van der Waals surface area contributed by atoms with Gasteiger partial charge in [-0.3, -0.25) is 4.90 Å². The first kappa shape index (κ1) is 14.1. The maximum absolute atomic E-state index is 6.12. The minimum absolute atomic E-state index is 0.375. The number of hydrogen-bond acceptors (Lipinski definition) is 3. The van der Waals surface area contributed by atoms with Crippen molar-refractivity contribution in [3.63, 3.8) is 0 Å². The second-order valence-corrected chi connectivity index (χ2v) is 6.30. The number of rotatable bonds is 8. The van der Waals surface area contributed by atoms with Crippen LogP contribution in [-0.2, 0) is 11.3 Å². The van der Waals surface area contributed by atoms with Gasteiger partial charge in [0.2, 0.25) is 0 Å². The van der Waals surface area contributed by atoms with Gasteiger partial charge < -0.3 is 10.5 Å². The summed E-state index contributed by atoms with van der Waals surface area (Å²) in [4.78, 5) is 2.67. The summed E-state index contributed by atoms with van der Waals surface area (Å²) in [5.41, 5.74) is 8.72. The maximum Gasteiger partial charge on any atom is 0.0713 e. The van der Waals surface area contributed by atoms with Gasteiger partial charge in [0.05, 0.1) is 6.61 Å². The van der Waals surface area contributed by atoms with Crippen LogP contribution in [-0.4, -0.2) is 31.1 Å². The van der Waals surface area contributed by atoms with E-state index in [1.165, 1.54) is 43.4 Å². The van der Waals surface area contributed by atoms with E-state index < -0.39 is 0 Å². The average molecular weight is 274 g/mol. The lowest BCUT2D eigenvalue weighted by atomic mass is 10.0. The Hall–Kier alpha value is -0.900. The lowest BCUT2D eigenvalue weighted by molar-refractivity contribution is 0.179. The molecule has 2 saturated carbocycles. The minimum atomic E-state index is 0.375. The standard InChI is InChI=1S/C17H26N2O/c1-20-12-14-3-2-4-15(9-14)17(10-18)19(16-7-8-16)11-13-5-6-13/h2-4,9,13,16-17H,5-8,10-12,18H2,1H3. The molecular weight excluding hydrogens is 248 g/mol. The first-order valence-corrected chi connectivity index (χ1v) is 7.85. The minimum Gasteiger partial charge on any atom is -0.380 e. The molecule has 2 fully saturated rings. The summed E-state index contributed by atoms with van der Waals surface area (Å²) < 4.78 is 5.25. The Balaban J connectivity index is 1.77. The molecule has 0 heterocycles. The highest BCUT2D eigenvalue weighted by Crippen LogP contribution is 2.39. The van der Waals surface area contributed by atoms with Crippen molar-refractivity contribution in [1.29, 1.82) is 0 Å². The molecule has 1 atom stereocenters. The number of ether oxygens (including phenoxy) is 1. The van der Waals surface area contributed by atoms with Crippen LogP contribution < -0.4 is 5.73 Å². The summed E-state index contributed by atoms with van der Waals surface area (Å²) in [6.45, 7) is 2.62. The molecule has 1 aromatic rings. The number of benzene rings is 1. The molecular formula is C17H26N2O. The highest BCUT2D eigenvalue weighted by atomic mass is 16.5. The quantitative estimate of drug-likeness (QED) is 0.792. The van der Waals surface area contributed by atoms with Crippen molar-refractivity contribution in [1.82, 2.24) is 4.90 Å². The van der Waals surface area contributed by atoms with E-state index in [1.807, 2.05) is 0 Å². The molecule has 0 aliphatic heterocycles. The van der Waals surface area contributed by atoms with E-state index in [1.54, 1.807) is 7.11 Å². The maximum atomic E-state index is 6.12. The first-order valence-electron chi connectivity index (χ1n) is 7.85. The van der Waals surface area contributed by atoms with Crippen LogP contribution in [0.1, 0.15) is 42.9 Å². The van der Waals surface area contributed by atoms with Gasteiger partial charge in [-0.2, -0.15) is 0 Å². The molecule has 0 spiro atoms. The van der Waals surface area contributed by atoms with E-state index in [0.29, 0.717) is 19.2 Å². The van der Waals surface area contributed by atoms with E-state index in [2.05, 4.69) is 29.2 Å². The first-order chi connectivity index (χ1) is 9.81. The van der Waals surface area contributed by atoms with Gasteiger partial charge in [0, 0.05) is 32.3 Å². The predicted molar refractivity (Wildman–Crippen MR) is 81.4 cm³/mol. The Morgan fingerprint density at radius 2 is 2.10 bits per heavy atom. The molecule has 3 nitrogen and oxygen atoms in total. The molecule has 0 amide bonds. The van der Waals surface area contributed by atoms with Gasteiger partial charge in [0.15, 0.2) is 0 Å². The summed E-state index contributed by atoms with van der Waals surface area (Å²) >= 11 is 0. The van der Waals surface area contributed by atoms with Gasteiger partial charge in [-0.05, 0) is 42.7 Å². The van der Waals surface area contributed by atoms with Crippen LogP contribution in [0.2, 0.25) is 0 Å². The molecule has 2 aliphatic rings. The highest BCUT2D eigenvalue weighted by Gasteiger charge is 2.37. The van der Waals surface area contributed by atoms with Gasteiger partial charge in [0.25, 0.3) is 0 Å². The molecule has 0 bridgehead atoms. The SMILES string of the molecule is COCc1cccc(C(CN)N(CC2CC2)C2CC2)c1. The smallest absolute Gasteiger partial charge is 0.0713 e. The van der Waals surface area contributed by atoms with Crippen LogP contribution in [0.15, 0.2) is 24.3 Å². The van der Waals surface area contributed by atoms with Crippen molar-refractivity contribution in [3.05, 3.63) is 35.4 Å². The van der Waals surface area contributed by atoms with Crippen LogP contribution in [0.3, 0.4) is 0 Å². The largest absolute Gasteiger partial charge is 0.380 e. The third-order valence-corrected chi connectivity index (χ3v) is 4.45. The molecule has 0 aromatic heterocycles. The van der Waals surface area contributed by atoms with Crippen molar-refractivity contribution < 1.29 is 4.74 Å². The van der Waals surface area contributed by atoms with E-state index >= 15 is 0 Å². The number of nitrogens with two attached hydrogens (primary N) is 1. The van der Waals surface area contributed by atoms with Crippen molar-refractivity contribution in [3.8, 4) is 0 Å². The monoisotopic (exact) mass is 274 g/mol. The Labute approximate surface area is 122 Å². The normalized spacial score (nSPS) is 20.4. The summed E-state index contributed by atoms with van der Waals surface area (Å²) in [6, 6.07) is 9.90. The molecule has 20 heavy (non-hydrogen) atoms. The zero-order valence-corrected chi connectivity index (χ0v) is 12.4. The van der Waals surface area contributed by atoms with Crippen molar-refractivity contribution in [2.45, 2.75) is 44.4 Å². The molecule has 110 valence electrons. The van der Waals surface area contributed by atoms with E-state index in [4.69, 9.17) is 10.5 Å². The topological polar surface area (TPSA) is 38.5 Å². The zero-order chi connectivity index (χ0) is 13.9. The Morgan fingerprint density at radius 3 is 2.70 bits per heavy atom. The molecule has 1 aromatic carbocycles. The lowest BCUT2D eigenvalue weighted by Gasteiger charge is -2.31. The molecule has 1 unspecified atom stereocenters. The molecule has 2 N–H and O–H groups in total. The Morgan fingerprint density at radius 1 is 1.30 bits per heavy atom. The van der Waals surface area contributed by atoms with Crippen LogP contribution in [0.4, 0.5) is 0 Å². The van der Waals surface area contributed by atoms with Crippen molar-refractivity contribution >= 4 is 0 Å². The average Bonchev–Trinajstić information content (AvgIpc) is 3.33. The van der Waals surface area contributed by atoms with Gasteiger partial charge in [-0.15, -0.1) is 0 Å². The molecule has 2 aliphatic carbocycles. The van der Waals surface area contributed by atoms with Crippen LogP contribution in [0.5, 0.6) is 0 Å². The Bertz CT molecular complexity index is 440. The molecule has 0 saturated heterocycles. The van der Waals surface area contributed by atoms with Crippen molar-refractivity contribution in [2.75, 3.05) is 20.2 Å². The number of nitrogens with zero attached hydrogens (tertiary/aromatic N) is 1. The van der Waals surface area contributed by atoms with Crippen LogP contribution in [0, 0.1) is 5.92 Å². The van der Waals surface area contributed by atoms with Gasteiger partial charge >= 0.3 is 0 Å². The van der Waals surface area contributed by atoms with E-state index in [-0.39, 0.29) is 0 Å². The van der Waals surface area contributed by atoms with Gasteiger partial charge in [-0.1, -0.05) is 24.3 Å². The second-order valence-electron chi connectivity index (χ2n) is 6.30. The Kier molecular flexibility index (Phi) is 4.39. The summed E-state index contributed by atoms with van der Waals surface area (Å²) in [6.07, 6.45) is 5.51. The zero-order valence-electron chi connectivity index (χ0n) is 12.4. The van der Waals surface area contributed by atoms with Gasteiger partial charge in [0.1, 0.15) is 0 Å². The fourth-order valence-corrected chi connectivity index (χ4v) is 3.06. The van der Waals surface area contributed by atoms with Crippen LogP contribution in [0.25, 0.3) is 0 Å². The molecule has 3 rings (SSSR count). The second kappa shape index (κ2) is 6.25.